The third-order valence-corrected chi connectivity index (χ3v) is 9.87. The van der Waals surface area contributed by atoms with E-state index >= 15 is 0 Å². The molecule has 0 saturated carbocycles. The number of rotatable bonds is 5. The molecule has 4 aromatic rings. The van der Waals surface area contributed by atoms with Crippen molar-refractivity contribution in [2.75, 3.05) is 36.0 Å². The summed E-state index contributed by atoms with van der Waals surface area (Å²) in [6.07, 6.45) is 10.8. The van der Waals surface area contributed by atoms with Crippen LogP contribution in [0.2, 0.25) is 5.02 Å². The van der Waals surface area contributed by atoms with Crippen LogP contribution in [0.5, 0.6) is 0 Å². The van der Waals surface area contributed by atoms with E-state index in [1.54, 1.807) is 11.0 Å². The normalized spacial score (nSPS) is 18.4. The molecule has 5 heterocycles. The highest BCUT2D eigenvalue weighted by Crippen LogP contribution is 2.42. The molecule has 2 fully saturated rings. The van der Waals surface area contributed by atoms with Gasteiger partial charge in [0.1, 0.15) is 0 Å². The number of pyridine rings is 1. The molecule has 2 saturated heterocycles. The summed E-state index contributed by atoms with van der Waals surface area (Å²) < 4.78 is 2.14. The fourth-order valence-corrected chi connectivity index (χ4v) is 7.23. The average molecular weight is 568 g/mol. The third kappa shape index (κ3) is 4.86. The molecule has 0 radical (unpaired) electrons. The lowest BCUT2D eigenvalue weighted by molar-refractivity contribution is -0.134. The van der Waals surface area contributed by atoms with Gasteiger partial charge >= 0.3 is 0 Å². The molecule has 8 heteroatoms. The van der Waals surface area contributed by atoms with Gasteiger partial charge in [0.05, 0.1) is 22.6 Å². The molecule has 7 rings (SSSR count). The van der Waals surface area contributed by atoms with Gasteiger partial charge in [0.2, 0.25) is 5.91 Å². The van der Waals surface area contributed by atoms with Crippen LogP contribution in [0.4, 0.5) is 11.4 Å². The molecule has 1 spiro atoms. The molecule has 2 aromatic carbocycles. The number of benzene rings is 2. The Kier molecular flexibility index (Phi) is 6.70. The van der Waals surface area contributed by atoms with E-state index in [0.29, 0.717) is 35.5 Å². The number of carbonyl (C=O) groups excluding carboxylic acids is 2. The molecule has 0 atom stereocenters. The first-order valence-electron chi connectivity index (χ1n) is 14.6. The monoisotopic (exact) mass is 567 g/mol. The fraction of sp³-hybridized carbons (Fsp3) is 0.364. The van der Waals surface area contributed by atoms with Crippen molar-refractivity contribution in [3.05, 3.63) is 89.3 Å². The molecule has 3 aliphatic rings. The predicted octanol–water partition coefficient (Wildman–Crippen LogP) is 6.15. The summed E-state index contributed by atoms with van der Waals surface area (Å²) in [5.41, 5.74) is 5.04. The Morgan fingerprint density at radius 3 is 2.41 bits per heavy atom. The molecular weight excluding hydrogens is 534 g/mol. The van der Waals surface area contributed by atoms with Gasteiger partial charge in [-0.1, -0.05) is 29.8 Å². The van der Waals surface area contributed by atoms with Crippen molar-refractivity contribution in [3.8, 4) is 0 Å². The third-order valence-electron chi connectivity index (χ3n) is 9.55. The number of nitrogens with zero attached hydrogens (tertiary/aromatic N) is 5. The van der Waals surface area contributed by atoms with E-state index in [0.717, 1.165) is 61.2 Å². The zero-order valence-corrected chi connectivity index (χ0v) is 23.9. The highest BCUT2D eigenvalue weighted by molar-refractivity contribution is 6.35. The number of hydrogen-bond acceptors (Lipinski definition) is 4. The van der Waals surface area contributed by atoms with Crippen LogP contribution >= 0.6 is 11.6 Å². The van der Waals surface area contributed by atoms with Gasteiger partial charge in [0, 0.05) is 69.1 Å². The van der Waals surface area contributed by atoms with Gasteiger partial charge < -0.3 is 19.3 Å². The molecule has 0 bridgehead atoms. The summed E-state index contributed by atoms with van der Waals surface area (Å²) in [5, 5.41) is 1.60. The fourth-order valence-electron chi connectivity index (χ4n) is 6.96. The molecule has 210 valence electrons. The first-order valence-corrected chi connectivity index (χ1v) is 15.0. The molecule has 7 nitrogen and oxygen atoms in total. The smallest absolute Gasteiger partial charge is 0.260 e. The predicted molar refractivity (Wildman–Crippen MR) is 162 cm³/mol. The van der Waals surface area contributed by atoms with Gasteiger partial charge in [-0.3, -0.25) is 14.6 Å². The van der Waals surface area contributed by atoms with E-state index < -0.39 is 0 Å². The number of aryl methyl sites for hydroxylation is 1. The molecule has 0 unspecified atom stereocenters. The molecule has 41 heavy (non-hydrogen) atoms. The van der Waals surface area contributed by atoms with E-state index in [9.17, 15) is 9.59 Å². The Morgan fingerprint density at radius 1 is 0.902 bits per heavy atom. The van der Waals surface area contributed by atoms with Crippen LogP contribution in [-0.2, 0) is 17.9 Å². The van der Waals surface area contributed by atoms with Gasteiger partial charge in [0.15, 0.2) is 0 Å². The maximum absolute atomic E-state index is 13.2. The number of aromatic nitrogens is 2. The Hall–Kier alpha value is -3.84. The Balaban J connectivity index is 0.963. The van der Waals surface area contributed by atoms with Crippen molar-refractivity contribution in [1.29, 1.82) is 0 Å². The van der Waals surface area contributed by atoms with E-state index in [1.165, 1.54) is 18.5 Å². The maximum Gasteiger partial charge on any atom is 0.260 e. The minimum atomic E-state index is -0.0656. The number of fused-ring (bicyclic) bond motifs is 2. The highest BCUT2D eigenvalue weighted by atomic mass is 35.5. The minimum absolute atomic E-state index is 0.0656. The molecule has 0 N–H and O–H groups in total. The maximum atomic E-state index is 13.2. The van der Waals surface area contributed by atoms with Crippen LogP contribution in [0.15, 0.2) is 73.2 Å². The topological polar surface area (TPSA) is 61.7 Å². The van der Waals surface area contributed by atoms with Gasteiger partial charge in [-0.2, -0.15) is 0 Å². The number of anilines is 2. The van der Waals surface area contributed by atoms with Gasteiger partial charge in [0.25, 0.3) is 5.91 Å². The average Bonchev–Trinajstić information content (AvgIpc) is 3.58. The summed E-state index contributed by atoms with van der Waals surface area (Å²) in [5.74, 6) is 0.163. The number of amides is 2. The van der Waals surface area contributed by atoms with Gasteiger partial charge in [-0.25, -0.2) is 0 Å². The molecule has 2 amide bonds. The molecule has 0 aliphatic carbocycles. The van der Waals surface area contributed by atoms with Crippen LogP contribution in [0.1, 0.15) is 48.0 Å². The second-order valence-electron chi connectivity index (χ2n) is 11.7. The van der Waals surface area contributed by atoms with E-state index in [-0.39, 0.29) is 11.8 Å². The summed E-state index contributed by atoms with van der Waals surface area (Å²) in [7, 11) is 0. The van der Waals surface area contributed by atoms with Crippen molar-refractivity contribution in [1.82, 2.24) is 14.5 Å². The van der Waals surface area contributed by atoms with Crippen molar-refractivity contribution >= 4 is 45.7 Å². The standard InChI is InChI=1S/C33H34ClN5O2/c34-28-3-1-2-25-23-39(32(41)31(25)28)27-5-4-24-8-16-37(29(24)22-27)17-9-30(40)38-20-12-33(13-21-38)10-18-36(19-11-33)26-6-14-35-15-7-26/h1-8,14-16,22H,9-13,17-21,23H2. The first kappa shape index (κ1) is 26.1. The number of hydrogen-bond donors (Lipinski definition) is 0. The van der Waals surface area contributed by atoms with E-state index in [2.05, 4.69) is 43.6 Å². The Bertz CT molecular complexity index is 1600. The van der Waals surface area contributed by atoms with E-state index in [1.807, 2.05) is 42.9 Å². The van der Waals surface area contributed by atoms with Gasteiger partial charge in [-0.15, -0.1) is 0 Å². The van der Waals surface area contributed by atoms with Crippen LogP contribution in [0.3, 0.4) is 0 Å². The summed E-state index contributed by atoms with van der Waals surface area (Å²) in [6.45, 7) is 4.98. The lowest BCUT2D eigenvalue weighted by atomic mass is 9.71. The zero-order chi connectivity index (χ0) is 28.0. The van der Waals surface area contributed by atoms with Gasteiger partial charge in [-0.05, 0) is 78.4 Å². The van der Waals surface area contributed by atoms with Crippen LogP contribution in [0, 0.1) is 5.41 Å². The van der Waals surface area contributed by atoms with Crippen molar-refractivity contribution in [2.45, 2.75) is 45.2 Å². The minimum Gasteiger partial charge on any atom is -0.371 e. The highest BCUT2D eigenvalue weighted by Gasteiger charge is 2.38. The second kappa shape index (κ2) is 10.5. The molecule has 2 aromatic heterocycles. The first-order chi connectivity index (χ1) is 20.0. The van der Waals surface area contributed by atoms with Crippen LogP contribution in [-0.4, -0.2) is 52.4 Å². The van der Waals surface area contributed by atoms with Crippen molar-refractivity contribution in [3.63, 3.8) is 0 Å². The van der Waals surface area contributed by atoms with E-state index in [4.69, 9.17) is 11.6 Å². The Labute approximate surface area is 245 Å². The molecule has 3 aliphatic heterocycles. The number of carbonyl (C=O) groups is 2. The number of likely N-dealkylation sites (tertiary alicyclic amines) is 1. The van der Waals surface area contributed by atoms with Crippen LogP contribution < -0.4 is 9.80 Å². The van der Waals surface area contributed by atoms with Crippen molar-refractivity contribution in [2.24, 2.45) is 5.41 Å². The summed E-state index contributed by atoms with van der Waals surface area (Å²) in [4.78, 5) is 36.8. The second-order valence-corrected chi connectivity index (χ2v) is 12.1. The van der Waals surface area contributed by atoms with Crippen molar-refractivity contribution < 1.29 is 9.59 Å². The lowest BCUT2D eigenvalue weighted by Gasteiger charge is -2.47. The summed E-state index contributed by atoms with van der Waals surface area (Å²) >= 11 is 6.34. The SMILES string of the molecule is O=C(CCn1ccc2ccc(N3Cc4cccc(Cl)c4C3=O)cc21)N1CCC2(CC1)CCN(c1ccncc1)CC2. The molecular formula is C33H34ClN5O2. The number of halogens is 1. The number of piperidine rings is 2. The Morgan fingerprint density at radius 2 is 1.66 bits per heavy atom. The van der Waals surface area contributed by atoms with Crippen LogP contribution in [0.25, 0.3) is 10.9 Å². The zero-order valence-electron chi connectivity index (χ0n) is 23.1. The largest absolute Gasteiger partial charge is 0.371 e. The summed E-state index contributed by atoms with van der Waals surface area (Å²) in [6, 6.07) is 18.0. The quantitative estimate of drug-likeness (QED) is 0.290. The lowest BCUT2D eigenvalue weighted by Crippen LogP contribution is -2.48.